The lowest BCUT2D eigenvalue weighted by Crippen LogP contribution is -2.72. The predicted octanol–water partition coefficient (Wildman–Crippen LogP) is 3.87. The van der Waals surface area contributed by atoms with E-state index in [1.54, 1.807) is 7.11 Å². The first-order chi connectivity index (χ1) is 13.2. The van der Waals surface area contributed by atoms with E-state index < -0.39 is 0 Å². The summed E-state index contributed by atoms with van der Waals surface area (Å²) >= 11 is 0. The molecular weight excluding hydrogens is 338 g/mol. The second kappa shape index (κ2) is 6.38. The van der Waals surface area contributed by atoms with E-state index in [2.05, 4.69) is 30.0 Å². The summed E-state index contributed by atoms with van der Waals surface area (Å²) in [6.45, 7) is 6.76. The number of fused-ring (bicyclic) bond motifs is 3. The molecule has 0 radical (unpaired) electrons. The molecule has 1 aromatic rings. The van der Waals surface area contributed by atoms with Crippen molar-refractivity contribution in [2.45, 2.75) is 50.5 Å². The smallest absolute Gasteiger partial charge is 0.165 e. The van der Waals surface area contributed by atoms with Crippen molar-refractivity contribution in [3.05, 3.63) is 23.8 Å². The van der Waals surface area contributed by atoms with Crippen LogP contribution in [0, 0.1) is 17.3 Å². The molecule has 6 rings (SSSR count). The lowest BCUT2D eigenvalue weighted by molar-refractivity contribution is -0.188. The van der Waals surface area contributed by atoms with Crippen LogP contribution in [0.3, 0.4) is 0 Å². The molecule has 0 aromatic heterocycles. The van der Waals surface area contributed by atoms with E-state index >= 15 is 0 Å². The third-order valence-electron chi connectivity index (χ3n) is 8.29. The van der Waals surface area contributed by atoms with Gasteiger partial charge in [0.05, 0.1) is 7.11 Å². The Morgan fingerprint density at radius 2 is 2.15 bits per heavy atom. The molecule has 5 atom stereocenters. The summed E-state index contributed by atoms with van der Waals surface area (Å²) in [5.41, 5.74) is 1.81. The minimum absolute atomic E-state index is 0.130. The van der Waals surface area contributed by atoms with Crippen LogP contribution in [0.2, 0.25) is 0 Å². The van der Waals surface area contributed by atoms with Gasteiger partial charge >= 0.3 is 0 Å². The van der Waals surface area contributed by atoms with E-state index in [1.807, 2.05) is 7.11 Å². The van der Waals surface area contributed by atoms with Gasteiger partial charge in [-0.1, -0.05) is 19.1 Å². The maximum Gasteiger partial charge on any atom is 0.165 e. The first-order valence-corrected chi connectivity index (χ1v) is 10.8. The van der Waals surface area contributed by atoms with Crippen LogP contribution in [0.25, 0.3) is 0 Å². The molecular formula is C23H33NO3. The zero-order valence-electron chi connectivity index (χ0n) is 17.0. The fourth-order valence-electron chi connectivity index (χ4n) is 7.42. The molecule has 4 heteroatoms. The molecule has 5 aliphatic rings. The van der Waals surface area contributed by atoms with Crippen molar-refractivity contribution < 1.29 is 14.2 Å². The average molecular weight is 372 g/mol. The molecule has 148 valence electrons. The summed E-state index contributed by atoms with van der Waals surface area (Å²) in [5.74, 6) is 3.20. The van der Waals surface area contributed by atoms with E-state index in [-0.39, 0.29) is 10.8 Å². The molecule has 0 amide bonds. The highest BCUT2D eigenvalue weighted by molar-refractivity contribution is 5.57. The predicted molar refractivity (Wildman–Crippen MR) is 106 cm³/mol. The van der Waals surface area contributed by atoms with E-state index in [4.69, 9.17) is 14.2 Å². The summed E-state index contributed by atoms with van der Waals surface area (Å²) in [6.07, 6.45) is 6.59. The van der Waals surface area contributed by atoms with Crippen molar-refractivity contribution in [1.82, 2.24) is 4.90 Å². The van der Waals surface area contributed by atoms with Crippen LogP contribution < -0.4 is 9.47 Å². The Labute approximate surface area is 163 Å². The summed E-state index contributed by atoms with van der Waals surface area (Å²) in [5, 5.41) is 0. The highest BCUT2D eigenvalue weighted by Crippen LogP contribution is 2.71. The van der Waals surface area contributed by atoms with Gasteiger partial charge in [0.1, 0.15) is 6.10 Å². The van der Waals surface area contributed by atoms with Gasteiger partial charge in [-0.05, 0) is 63.1 Å². The van der Waals surface area contributed by atoms with Crippen LogP contribution in [-0.2, 0) is 10.2 Å². The average Bonchev–Trinajstić information content (AvgIpc) is 3.05. The van der Waals surface area contributed by atoms with Gasteiger partial charge in [-0.15, -0.1) is 0 Å². The van der Waals surface area contributed by atoms with Gasteiger partial charge in [-0.3, -0.25) is 0 Å². The van der Waals surface area contributed by atoms with Crippen molar-refractivity contribution in [1.29, 1.82) is 0 Å². The Morgan fingerprint density at radius 1 is 1.26 bits per heavy atom. The molecule has 4 nitrogen and oxygen atoms in total. The van der Waals surface area contributed by atoms with E-state index in [0.29, 0.717) is 17.9 Å². The van der Waals surface area contributed by atoms with Crippen molar-refractivity contribution in [2.75, 3.05) is 40.5 Å². The molecule has 2 spiro atoms. The highest BCUT2D eigenvalue weighted by Gasteiger charge is 2.72. The second-order valence-corrected chi connectivity index (χ2v) is 9.22. The van der Waals surface area contributed by atoms with E-state index in [9.17, 15) is 0 Å². The SMILES string of the molecule is CCCN1CCC23c4cccc(OC)c4OC2C2CCC3(C1)C(COC)C2. The summed E-state index contributed by atoms with van der Waals surface area (Å²) < 4.78 is 18.2. The number of hydrogen-bond donors (Lipinski definition) is 0. The maximum atomic E-state index is 6.76. The number of hydrogen-bond acceptors (Lipinski definition) is 4. The van der Waals surface area contributed by atoms with Gasteiger partial charge in [0, 0.05) is 36.7 Å². The van der Waals surface area contributed by atoms with Gasteiger partial charge in [0.2, 0.25) is 0 Å². The Kier molecular flexibility index (Phi) is 4.21. The quantitative estimate of drug-likeness (QED) is 0.786. The molecule has 2 aliphatic heterocycles. The molecule has 3 saturated carbocycles. The lowest BCUT2D eigenvalue weighted by Gasteiger charge is -2.67. The number of likely N-dealkylation sites (tertiary alicyclic amines) is 1. The number of methoxy groups -OCH3 is 2. The molecule has 1 saturated heterocycles. The molecule has 4 fully saturated rings. The number of para-hydroxylation sites is 1. The van der Waals surface area contributed by atoms with Gasteiger partial charge in [0.25, 0.3) is 0 Å². The van der Waals surface area contributed by atoms with Gasteiger partial charge in [-0.25, -0.2) is 0 Å². The van der Waals surface area contributed by atoms with Crippen LogP contribution >= 0.6 is 0 Å². The van der Waals surface area contributed by atoms with Crippen LogP contribution in [0.5, 0.6) is 11.5 Å². The summed E-state index contributed by atoms with van der Waals surface area (Å²) in [4.78, 5) is 2.72. The first-order valence-electron chi connectivity index (χ1n) is 10.8. The summed E-state index contributed by atoms with van der Waals surface area (Å²) in [6, 6.07) is 6.55. The van der Waals surface area contributed by atoms with Crippen molar-refractivity contribution in [3.63, 3.8) is 0 Å². The van der Waals surface area contributed by atoms with Crippen LogP contribution in [-0.4, -0.2) is 51.5 Å². The van der Waals surface area contributed by atoms with Gasteiger partial charge in [-0.2, -0.15) is 0 Å². The lowest BCUT2D eigenvalue weighted by atomic mass is 9.39. The molecule has 2 heterocycles. The Hall–Kier alpha value is -1.26. The Balaban J connectivity index is 1.67. The molecule has 5 unspecified atom stereocenters. The van der Waals surface area contributed by atoms with Crippen molar-refractivity contribution >= 4 is 0 Å². The molecule has 2 bridgehead atoms. The minimum atomic E-state index is 0.130. The zero-order chi connectivity index (χ0) is 18.6. The fourth-order valence-corrected chi connectivity index (χ4v) is 7.42. The highest BCUT2D eigenvalue weighted by atomic mass is 16.5. The van der Waals surface area contributed by atoms with Crippen molar-refractivity contribution in [2.24, 2.45) is 17.3 Å². The maximum absolute atomic E-state index is 6.76. The number of rotatable bonds is 5. The fraction of sp³-hybridized carbons (Fsp3) is 0.739. The third kappa shape index (κ3) is 2.17. The third-order valence-corrected chi connectivity index (χ3v) is 8.29. The van der Waals surface area contributed by atoms with E-state index in [0.717, 1.165) is 18.1 Å². The zero-order valence-corrected chi connectivity index (χ0v) is 17.0. The molecule has 1 aromatic carbocycles. The Morgan fingerprint density at radius 3 is 2.93 bits per heavy atom. The number of ether oxygens (including phenoxy) is 3. The largest absolute Gasteiger partial charge is 0.493 e. The second-order valence-electron chi connectivity index (χ2n) is 9.22. The van der Waals surface area contributed by atoms with Crippen LogP contribution in [0.15, 0.2) is 18.2 Å². The van der Waals surface area contributed by atoms with Gasteiger partial charge in [0.15, 0.2) is 11.5 Å². The molecule has 0 N–H and O–H groups in total. The monoisotopic (exact) mass is 371 g/mol. The molecule has 27 heavy (non-hydrogen) atoms. The summed E-state index contributed by atoms with van der Waals surface area (Å²) in [7, 11) is 3.64. The normalized spacial score (nSPS) is 39.4. The standard InChI is InChI=1S/C23H33NO3/c1-4-11-24-12-10-23-18-6-5-7-19(26-3)20(18)27-21(23)16-8-9-22(23,15-24)17(13-16)14-25-2/h5-7,16-17,21H,4,8-15H2,1-3H3. The minimum Gasteiger partial charge on any atom is -0.493 e. The topological polar surface area (TPSA) is 30.9 Å². The Bertz CT molecular complexity index is 722. The number of piperidine rings is 1. The number of nitrogens with zero attached hydrogens (tertiary/aromatic N) is 1. The van der Waals surface area contributed by atoms with Crippen LogP contribution in [0.1, 0.15) is 44.6 Å². The van der Waals surface area contributed by atoms with Crippen molar-refractivity contribution in [3.8, 4) is 11.5 Å². The number of benzene rings is 1. The first kappa shape index (κ1) is 17.8. The van der Waals surface area contributed by atoms with E-state index in [1.165, 1.54) is 57.3 Å². The van der Waals surface area contributed by atoms with Crippen LogP contribution in [0.4, 0.5) is 0 Å². The molecule has 3 aliphatic carbocycles. The van der Waals surface area contributed by atoms with Gasteiger partial charge < -0.3 is 19.1 Å².